The van der Waals surface area contributed by atoms with Crippen LogP contribution >= 0.6 is 0 Å². The highest BCUT2D eigenvalue weighted by Gasteiger charge is 2.19. The Kier molecular flexibility index (Phi) is 6.41. The lowest BCUT2D eigenvalue weighted by Crippen LogP contribution is -2.39. The number of rotatable bonds is 8. The van der Waals surface area contributed by atoms with Gasteiger partial charge in [-0.3, -0.25) is 0 Å². The number of benzene rings is 1. The van der Waals surface area contributed by atoms with Crippen molar-refractivity contribution in [3.05, 3.63) is 35.6 Å². The maximum absolute atomic E-state index is 12.9. The van der Waals surface area contributed by atoms with E-state index in [2.05, 4.69) is 10.0 Å². The lowest BCUT2D eigenvalue weighted by Gasteiger charge is -2.14. The molecule has 0 saturated heterocycles. The molecule has 1 unspecified atom stereocenters. The van der Waals surface area contributed by atoms with Crippen LogP contribution in [0.4, 0.5) is 4.39 Å². The molecule has 0 aliphatic rings. The van der Waals surface area contributed by atoms with E-state index in [0.717, 1.165) is 12.1 Å². The second-order valence-electron chi connectivity index (χ2n) is 4.44. The monoisotopic (exact) mass is 288 g/mol. The normalized spacial score (nSPS) is 13.4. The minimum absolute atomic E-state index is 0.280. The molecule has 0 aromatic heterocycles. The van der Waals surface area contributed by atoms with Crippen LogP contribution in [0.15, 0.2) is 24.3 Å². The molecular formula is C13H21FN2O2S. The van der Waals surface area contributed by atoms with Gasteiger partial charge in [0.05, 0.1) is 5.25 Å². The van der Waals surface area contributed by atoms with Crippen LogP contribution in [-0.4, -0.2) is 33.3 Å². The summed E-state index contributed by atoms with van der Waals surface area (Å²) in [5, 5.41) is 2.51. The average molecular weight is 288 g/mol. The zero-order valence-corrected chi connectivity index (χ0v) is 12.1. The predicted octanol–water partition coefficient (Wildman–Crippen LogP) is 1.29. The molecule has 0 heterocycles. The molecule has 0 saturated carbocycles. The molecule has 2 N–H and O–H groups in total. The SMILES string of the molecule is CCNCC(C)S(=O)(=O)NCCc1cccc(F)c1. The van der Waals surface area contributed by atoms with Gasteiger partial charge in [-0.1, -0.05) is 19.1 Å². The third-order valence-corrected chi connectivity index (χ3v) is 4.65. The number of sulfonamides is 1. The van der Waals surface area contributed by atoms with Gasteiger partial charge in [-0.15, -0.1) is 0 Å². The Morgan fingerprint density at radius 2 is 2.11 bits per heavy atom. The standard InChI is InChI=1S/C13H21FN2O2S/c1-3-15-10-11(2)19(17,18)16-8-7-12-5-4-6-13(14)9-12/h4-6,9,11,15-16H,3,7-8,10H2,1-2H3. The summed E-state index contributed by atoms with van der Waals surface area (Å²) in [7, 11) is -3.32. The number of hydrogen-bond acceptors (Lipinski definition) is 3. The lowest BCUT2D eigenvalue weighted by atomic mass is 10.1. The number of halogens is 1. The molecular weight excluding hydrogens is 267 g/mol. The fraction of sp³-hybridized carbons (Fsp3) is 0.538. The van der Waals surface area contributed by atoms with Gasteiger partial charge in [0, 0.05) is 13.1 Å². The average Bonchev–Trinajstić information content (AvgIpc) is 2.35. The molecule has 0 aliphatic heterocycles. The van der Waals surface area contributed by atoms with Crippen molar-refractivity contribution in [2.75, 3.05) is 19.6 Å². The Labute approximate surface area is 114 Å². The summed E-state index contributed by atoms with van der Waals surface area (Å²) in [5.74, 6) is -0.305. The van der Waals surface area contributed by atoms with E-state index >= 15 is 0 Å². The van der Waals surface area contributed by atoms with Gasteiger partial charge in [-0.05, 0) is 37.6 Å². The van der Waals surface area contributed by atoms with Crippen LogP contribution in [0.5, 0.6) is 0 Å². The molecule has 19 heavy (non-hydrogen) atoms. The van der Waals surface area contributed by atoms with Crippen molar-refractivity contribution in [1.82, 2.24) is 10.0 Å². The second-order valence-corrected chi connectivity index (χ2v) is 6.62. The van der Waals surface area contributed by atoms with Gasteiger partial charge in [0.25, 0.3) is 0 Å². The van der Waals surface area contributed by atoms with Gasteiger partial charge in [-0.25, -0.2) is 17.5 Å². The van der Waals surface area contributed by atoms with Crippen LogP contribution in [0.3, 0.4) is 0 Å². The quantitative estimate of drug-likeness (QED) is 0.758. The Morgan fingerprint density at radius 1 is 1.37 bits per heavy atom. The summed E-state index contributed by atoms with van der Waals surface area (Å²) in [5.41, 5.74) is 0.780. The van der Waals surface area contributed by atoms with Crippen LogP contribution in [0.25, 0.3) is 0 Å². The molecule has 1 atom stereocenters. The van der Waals surface area contributed by atoms with Crippen molar-refractivity contribution in [2.24, 2.45) is 0 Å². The molecule has 1 rings (SSSR count). The van der Waals surface area contributed by atoms with E-state index in [1.807, 2.05) is 6.92 Å². The smallest absolute Gasteiger partial charge is 0.215 e. The van der Waals surface area contributed by atoms with Crippen LogP contribution < -0.4 is 10.0 Å². The summed E-state index contributed by atoms with van der Waals surface area (Å²) in [6.07, 6.45) is 0.477. The Morgan fingerprint density at radius 3 is 2.74 bits per heavy atom. The highest BCUT2D eigenvalue weighted by atomic mass is 32.2. The Balaban J connectivity index is 2.43. The van der Waals surface area contributed by atoms with Crippen molar-refractivity contribution in [3.63, 3.8) is 0 Å². The second kappa shape index (κ2) is 7.57. The first-order chi connectivity index (χ1) is 8.95. The van der Waals surface area contributed by atoms with Crippen LogP contribution in [-0.2, 0) is 16.4 Å². The van der Waals surface area contributed by atoms with Gasteiger partial charge < -0.3 is 5.32 Å². The van der Waals surface area contributed by atoms with E-state index < -0.39 is 15.3 Å². The van der Waals surface area contributed by atoms with Gasteiger partial charge >= 0.3 is 0 Å². The highest BCUT2D eigenvalue weighted by Crippen LogP contribution is 2.04. The van der Waals surface area contributed by atoms with Gasteiger partial charge in [0.15, 0.2) is 0 Å². The maximum atomic E-state index is 12.9. The van der Waals surface area contributed by atoms with E-state index in [0.29, 0.717) is 13.0 Å². The Bertz CT molecular complexity index is 491. The van der Waals surface area contributed by atoms with E-state index in [1.165, 1.54) is 12.1 Å². The fourth-order valence-electron chi connectivity index (χ4n) is 1.63. The summed E-state index contributed by atoms with van der Waals surface area (Å²) < 4.78 is 39.2. The zero-order chi connectivity index (χ0) is 14.3. The molecule has 6 heteroatoms. The minimum atomic E-state index is -3.32. The third-order valence-electron chi connectivity index (χ3n) is 2.82. The third kappa shape index (κ3) is 5.67. The maximum Gasteiger partial charge on any atom is 0.215 e. The molecule has 0 fully saturated rings. The van der Waals surface area contributed by atoms with Crippen molar-refractivity contribution in [3.8, 4) is 0 Å². The van der Waals surface area contributed by atoms with Crippen molar-refractivity contribution in [1.29, 1.82) is 0 Å². The van der Waals surface area contributed by atoms with Crippen molar-refractivity contribution in [2.45, 2.75) is 25.5 Å². The van der Waals surface area contributed by atoms with E-state index in [1.54, 1.807) is 19.1 Å². The van der Waals surface area contributed by atoms with Gasteiger partial charge in [0.1, 0.15) is 5.82 Å². The van der Waals surface area contributed by atoms with Gasteiger partial charge in [0.2, 0.25) is 10.0 Å². The van der Waals surface area contributed by atoms with Crippen molar-refractivity contribution < 1.29 is 12.8 Å². The predicted molar refractivity (Wildman–Crippen MR) is 75.0 cm³/mol. The highest BCUT2D eigenvalue weighted by molar-refractivity contribution is 7.90. The first kappa shape index (κ1) is 16.1. The topological polar surface area (TPSA) is 58.2 Å². The van der Waals surface area contributed by atoms with Crippen LogP contribution in [0, 0.1) is 5.82 Å². The molecule has 0 spiro atoms. The number of hydrogen-bond donors (Lipinski definition) is 2. The summed E-state index contributed by atoms with van der Waals surface area (Å²) in [6.45, 7) is 5.03. The summed E-state index contributed by atoms with van der Waals surface area (Å²) in [6, 6.07) is 6.18. The molecule has 4 nitrogen and oxygen atoms in total. The molecule has 108 valence electrons. The minimum Gasteiger partial charge on any atom is -0.316 e. The van der Waals surface area contributed by atoms with Crippen molar-refractivity contribution >= 4 is 10.0 Å². The lowest BCUT2D eigenvalue weighted by molar-refractivity contribution is 0.560. The molecule has 1 aromatic carbocycles. The zero-order valence-electron chi connectivity index (χ0n) is 11.3. The van der Waals surface area contributed by atoms with E-state index in [4.69, 9.17) is 0 Å². The first-order valence-electron chi connectivity index (χ1n) is 6.39. The fourth-order valence-corrected chi connectivity index (χ4v) is 2.64. The van der Waals surface area contributed by atoms with Crippen LogP contribution in [0.2, 0.25) is 0 Å². The molecule has 0 bridgehead atoms. The molecule has 1 aromatic rings. The summed E-state index contributed by atoms with van der Waals surface area (Å²) >= 11 is 0. The first-order valence-corrected chi connectivity index (χ1v) is 7.94. The van der Waals surface area contributed by atoms with Gasteiger partial charge in [-0.2, -0.15) is 0 Å². The van der Waals surface area contributed by atoms with E-state index in [9.17, 15) is 12.8 Å². The van der Waals surface area contributed by atoms with Crippen LogP contribution in [0.1, 0.15) is 19.4 Å². The number of nitrogens with one attached hydrogen (secondary N) is 2. The summed E-state index contributed by atoms with van der Waals surface area (Å²) in [4.78, 5) is 0. The largest absolute Gasteiger partial charge is 0.316 e. The molecule has 0 radical (unpaired) electrons. The molecule has 0 aliphatic carbocycles. The van der Waals surface area contributed by atoms with E-state index in [-0.39, 0.29) is 12.4 Å². The Hall–Kier alpha value is -0.980. The molecule has 0 amide bonds.